The van der Waals surface area contributed by atoms with Crippen molar-refractivity contribution in [2.24, 2.45) is 0 Å². The molecule has 1 fully saturated rings. The van der Waals surface area contributed by atoms with E-state index in [9.17, 15) is 9.59 Å². The van der Waals surface area contributed by atoms with E-state index in [0.29, 0.717) is 30.8 Å². The number of amides is 2. The quantitative estimate of drug-likeness (QED) is 0.710. The minimum absolute atomic E-state index is 0.0513. The summed E-state index contributed by atoms with van der Waals surface area (Å²) >= 11 is 0. The molecule has 2 aromatic rings. The molecule has 1 aliphatic rings. The molecule has 3 rings (SSSR count). The summed E-state index contributed by atoms with van der Waals surface area (Å²) in [6.07, 6.45) is 4.90. The van der Waals surface area contributed by atoms with Gasteiger partial charge in [0.05, 0.1) is 12.8 Å². The minimum Gasteiger partial charge on any atom is -0.495 e. The van der Waals surface area contributed by atoms with Crippen molar-refractivity contribution in [3.8, 4) is 5.75 Å². The normalized spacial score (nSPS) is 15.8. The standard InChI is InChI=1S/C19H25N5O3/c1-14(25)23-16-12-15(4-5-17(16)27-2)13-21-18(26)19(6-9-20-10-7-19)24-11-3-8-22-24/h3-5,8,11-12,20H,6-7,9-10,13H2,1-2H3,(H,21,26)(H,23,25). The predicted octanol–water partition coefficient (Wildman–Crippen LogP) is 1.25. The number of nitrogens with one attached hydrogen (secondary N) is 3. The van der Waals surface area contributed by atoms with Crippen LogP contribution in [-0.4, -0.2) is 41.8 Å². The van der Waals surface area contributed by atoms with Crippen molar-refractivity contribution in [3.63, 3.8) is 0 Å². The van der Waals surface area contributed by atoms with E-state index in [2.05, 4.69) is 21.0 Å². The molecule has 1 aromatic heterocycles. The van der Waals surface area contributed by atoms with Gasteiger partial charge in [-0.2, -0.15) is 5.10 Å². The van der Waals surface area contributed by atoms with Crippen LogP contribution in [0.1, 0.15) is 25.3 Å². The van der Waals surface area contributed by atoms with Gasteiger partial charge >= 0.3 is 0 Å². The maximum atomic E-state index is 13.1. The van der Waals surface area contributed by atoms with Crippen LogP contribution in [0.3, 0.4) is 0 Å². The van der Waals surface area contributed by atoms with Crippen LogP contribution in [0.4, 0.5) is 5.69 Å². The van der Waals surface area contributed by atoms with Gasteiger partial charge in [-0.3, -0.25) is 14.3 Å². The number of ether oxygens (including phenoxy) is 1. The fraction of sp³-hybridized carbons (Fsp3) is 0.421. The van der Waals surface area contributed by atoms with Crippen LogP contribution in [0.5, 0.6) is 5.75 Å². The smallest absolute Gasteiger partial charge is 0.248 e. The number of hydrogen-bond donors (Lipinski definition) is 3. The van der Waals surface area contributed by atoms with Crippen molar-refractivity contribution in [2.75, 3.05) is 25.5 Å². The molecule has 0 radical (unpaired) electrons. The van der Waals surface area contributed by atoms with E-state index in [1.807, 2.05) is 24.4 Å². The Labute approximate surface area is 158 Å². The van der Waals surface area contributed by atoms with Gasteiger partial charge in [0.2, 0.25) is 11.8 Å². The zero-order chi connectivity index (χ0) is 19.3. The second-order valence-corrected chi connectivity index (χ2v) is 6.63. The number of aromatic nitrogens is 2. The van der Waals surface area contributed by atoms with E-state index in [1.54, 1.807) is 24.1 Å². The first kappa shape index (κ1) is 18.9. The summed E-state index contributed by atoms with van der Waals surface area (Å²) < 4.78 is 7.03. The first-order chi connectivity index (χ1) is 13.0. The second-order valence-electron chi connectivity index (χ2n) is 6.63. The van der Waals surface area contributed by atoms with Gasteiger partial charge in [-0.15, -0.1) is 0 Å². The number of anilines is 1. The highest BCUT2D eigenvalue weighted by Crippen LogP contribution is 2.28. The summed E-state index contributed by atoms with van der Waals surface area (Å²) in [5, 5.41) is 13.4. The molecule has 2 amide bonds. The van der Waals surface area contributed by atoms with E-state index >= 15 is 0 Å². The lowest BCUT2D eigenvalue weighted by Crippen LogP contribution is -2.54. The summed E-state index contributed by atoms with van der Waals surface area (Å²) in [5.41, 5.74) is 0.777. The largest absolute Gasteiger partial charge is 0.495 e. The molecule has 1 aromatic carbocycles. The predicted molar refractivity (Wildman–Crippen MR) is 101 cm³/mol. The third kappa shape index (κ3) is 4.11. The molecule has 0 aliphatic carbocycles. The van der Waals surface area contributed by atoms with Gasteiger partial charge < -0.3 is 20.7 Å². The lowest BCUT2D eigenvalue weighted by molar-refractivity contribution is -0.132. The molecule has 1 saturated heterocycles. The monoisotopic (exact) mass is 371 g/mol. The molecular weight excluding hydrogens is 346 g/mol. The number of benzene rings is 1. The van der Waals surface area contributed by atoms with Crippen LogP contribution in [0.15, 0.2) is 36.7 Å². The van der Waals surface area contributed by atoms with Crippen molar-refractivity contribution >= 4 is 17.5 Å². The number of rotatable bonds is 6. The Morgan fingerprint density at radius 3 is 2.74 bits per heavy atom. The summed E-state index contributed by atoms with van der Waals surface area (Å²) in [5.74, 6) is 0.345. The Balaban J connectivity index is 1.75. The molecule has 8 heteroatoms. The topological polar surface area (TPSA) is 97.3 Å². The molecule has 144 valence electrons. The first-order valence-electron chi connectivity index (χ1n) is 8.99. The average Bonchev–Trinajstić information content (AvgIpc) is 3.21. The minimum atomic E-state index is -0.679. The molecule has 0 bridgehead atoms. The SMILES string of the molecule is COc1ccc(CNC(=O)C2(n3cccn3)CCNCC2)cc1NC(C)=O. The molecule has 8 nitrogen and oxygen atoms in total. The Morgan fingerprint density at radius 1 is 1.33 bits per heavy atom. The summed E-state index contributed by atoms with van der Waals surface area (Å²) in [7, 11) is 1.55. The van der Waals surface area contributed by atoms with E-state index in [4.69, 9.17) is 4.74 Å². The van der Waals surface area contributed by atoms with Crippen LogP contribution in [0, 0.1) is 0 Å². The van der Waals surface area contributed by atoms with Crippen LogP contribution >= 0.6 is 0 Å². The molecule has 1 aliphatic heterocycles. The van der Waals surface area contributed by atoms with Gasteiger partial charge in [0.25, 0.3) is 0 Å². The van der Waals surface area contributed by atoms with Crippen LogP contribution in [0.2, 0.25) is 0 Å². The van der Waals surface area contributed by atoms with Gasteiger partial charge in [0.15, 0.2) is 0 Å². The molecule has 0 saturated carbocycles. The Bertz CT molecular complexity index is 798. The second kappa shape index (κ2) is 8.22. The van der Waals surface area contributed by atoms with Crippen LogP contribution < -0.4 is 20.7 Å². The third-order valence-corrected chi connectivity index (χ3v) is 4.82. The number of piperidine rings is 1. The lowest BCUT2D eigenvalue weighted by atomic mass is 9.87. The van der Waals surface area contributed by atoms with Gasteiger partial charge in [0, 0.05) is 25.9 Å². The van der Waals surface area contributed by atoms with Gasteiger partial charge in [-0.25, -0.2) is 0 Å². The van der Waals surface area contributed by atoms with Gasteiger partial charge in [0.1, 0.15) is 11.3 Å². The fourth-order valence-corrected chi connectivity index (χ4v) is 3.42. The zero-order valence-corrected chi connectivity index (χ0v) is 15.6. The highest BCUT2D eigenvalue weighted by Gasteiger charge is 2.41. The maximum Gasteiger partial charge on any atom is 0.248 e. The Morgan fingerprint density at radius 2 is 2.11 bits per heavy atom. The lowest BCUT2D eigenvalue weighted by Gasteiger charge is -2.36. The Hall–Kier alpha value is -2.87. The molecule has 0 atom stereocenters. The summed E-state index contributed by atoms with van der Waals surface area (Å²) in [4.78, 5) is 24.5. The highest BCUT2D eigenvalue weighted by molar-refractivity contribution is 5.90. The summed E-state index contributed by atoms with van der Waals surface area (Å²) in [6.45, 7) is 3.33. The average molecular weight is 371 g/mol. The van der Waals surface area contributed by atoms with E-state index < -0.39 is 5.54 Å². The maximum absolute atomic E-state index is 13.1. The van der Waals surface area contributed by atoms with E-state index in [0.717, 1.165) is 18.7 Å². The van der Waals surface area contributed by atoms with Crippen molar-refractivity contribution < 1.29 is 14.3 Å². The molecular formula is C19H25N5O3. The summed E-state index contributed by atoms with van der Waals surface area (Å²) in [6, 6.07) is 7.29. The van der Waals surface area contributed by atoms with Crippen molar-refractivity contribution in [1.82, 2.24) is 20.4 Å². The Kier molecular flexibility index (Phi) is 5.75. The number of hydrogen-bond acceptors (Lipinski definition) is 5. The van der Waals surface area contributed by atoms with E-state index in [-0.39, 0.29) is 11.8 Å². The van der Waals surface area contributed by atoms with Crippen molar-refractivity contribution in [2.45, 2.75) is 31.8 Å². The van der Waals surface area contributed by atoms with Crippen LogP contribution in [0.25, 0.3) is 0 Å². The number of carbonyl (C=O) groups is 2. The molecule has 2 heterocycles. The van der Waals surface area contributed by atoms with Crippen molar-refractivity contribution in [3.05, 3.63) is 42.2 Å². The molecule has 0 unspecified atom stereocenters. The van der Waals surface area contributed by atoms with E-state index in [1.165, 1.54) is 6.92 Å². The number of methoxy groups -OCH3 is 1. The van der Waals surface area contributed by atoms with Crippen molar-refractivity contribution in [1.29, 1.82) is 0 Å². The van der Waals surface area contributed by atoms with Crippen LogP contribution in [-0.2, 0) is 21.7 Å². The fourth-order valence-electron chi connectivity index (χ4n) is 3.42. The first-order valence-corrected chi connectivity index (χ1v) is 8.99. The zero-order valence-electron chi connectivity index (χ0n) is 15.6. The number of carbonyl (C=O) groups excluding carboxylic acids is 2. The molecule has 3 N–H and O–H groups in total. The number of nitrogens with zero attached hydrogens (tertiary/aromatic N) is 2. The molecule has 27 heavy (non-hydrogen) atoms. The third-order valence-electron chi connectivity index (χ3n) is 4.82. The molecule has 0 spiro atoms. The van der Waals surface area contributed by atoms with Gasteiger partial charge in [-0.05, 0) is 49.7 Å². The highest BCUT2D eigenvalue weighted by atomic mass is 16.5. The van der Waals surface area contributed by atoms with Gasteiger partial charge in [-0.1, -0.05) is 6.07 Å².